The monoisotopic (exact) mass is 492 g/mol. The molecule has 186 valence electrons. The zero-order valence-electron chi connectivity index (χ0n) is 20.7. The number of methoxy groups -OCH3 is 1. The van der Waals surface area contributed by atoms with Crippen molar-refractivity contribution in [3.8, 4) is 5.75 Å². The topological polar surface area (TPSA) is 43.3 Å². The van der Waals surface area contributed by atoms with Crippen LogP contribution in [-0.4, -0.2) is 17.6 Å². The lowest BCUT2D eigenvalue weighted by Crippen LogP contribution is -2.25. The lowest BCUT2D eigenvalue weighted by atomic mass is 9.88. The van der Waals surface area contributed by atoms with Crippen molar-refractivity contribution < 1.29 is 13.9 Å². The van der Waals surface area contributed by atoms with E-state index in [0.717, 1.165) is 38.9 Å². The van der Waals surface area contributed by atoms with Crippen molar-refractivity contribution >= 4 is 16.8 Å². The first-order valence-electron chi connectivity index (χ1n) is 12.4. The van der Waals surface area contributed by atoms with E-state index in [1.165, 1.54) is 12.1 Å². The summed E-state index contributed by atoms with van der Waals surface area (Å²) >= 11 is 0. The molecule has 0 aliphatic rings. The highest BCUT2D eigenvalue weighted by Gasteiger charge is 2.23. The molecule has 0 fully saturated rings. The highest BCUT2D eigenvalue weighted by atomic mass is 19.1. The standard InChI is InChI=1S/C32H29FN2O2/c1-37-27-17-13-25(14-18-27)29(19-32(36)34-20-23-7-3-2-4-8-23)30-22-35(31-10-6-5-9-28(30)31)21-24-11-15-26(33)16-12-24/h2-18,22,29H,19-21H2,1H3,(H,34,36)/t29-/m1/s1. The lowest BCUT2D eigenvalue weighted by Gasteiger charge is -2.18. The second-order valence-corrected chi connectivity index (χ2v) is 9.15. The van der Waals surface area contributed by atoms with Crippen molar-refractivity contribution in [3.05, 3.63) is 137 Å². The van der Waals surface area contributed by atoms with Gasteiger partial charge in [-0.25, -0.2) is 4.39 Å². The summed E-state index contributed by atoms with van der Waals surface area (Å²) in [6, 6.07) is 32.6. The Labute approximate surface area is 216 Å². The van der Waals surface area contributed by atoms with E-state index < -0.39 is 0 Å². The quantitative estimate of drug-likeness (QED) is 0.250. The van der Waals surface area contributed by atoms with Gasteiger partial charge < -0.3 is 14.6 Å². The van der Waals surface area contributed by atoms with E-state index in [9.17, 15) is 9.18 Å². The Morgan fingerprint density at radius 2 is 1.57 bits per heavy atom. The summed E-state index contributed by atoms with van der Waals surface area (Å²) in [5.74, 6) is 0.360. The Morgan fingerprint density at radius 1 is 0.865 bits per heavy atom. The van der Waals surface area contributed by atoms with Crippen molar-refractivity contribution in [1.29, 1.82) is 0 Å². The van der Waals surface area contributed by atoms with Crippen LogP contribution in [0.4, 0.5) is 4.39 Å². The van der Waals surface area contributed by atoms with Crippen molar-refractivity contribution in [2.45, 2.75) is 25.4 Å². The molecule has 37 heavy (non-hydrogen) atoms. The van der Waals surface area contributed by atoms with E-state index >= 15 is 0 Å². The van der Waals surface area contributed by atoms with E-state index in [1.54, 1.807) is 7.11 Å². The summed E-state index contributed by atoms with van der Waals surface area (Å²) in [5, 5.41) is 4.18. The number of hydrogen-bond donors (Lipinski definition) is 1. The second kappa shape index (κ2) is 11.1. The molecule has 1 atom stereocenters. The number of halogens is 1. The number of amides is 1. The number of rotatable bonds is 9. The summed E-state index contributed by atoms with van der Waals surface area (Å²) in [7, 11) is 1.65. The number of carbonyl (C=O) groups is 1. The number of nitrogens with one attached hydrogen (secondary N) is 1. The molecule has 5 rings (SSSR count). The predicted molar refractivity (Wildman–Crippen MR) is 145 cm³/mol. The maximum Gasteiger partial charge on any atom is 0.221 e. The number of nitrogens with zero attached hydrogens (tertiary/aromatic N) is 1. The van der Waals surface area contributed by atoms with Crippen LogP contribution in [0.2, 0.25) is 0 Å². The minimum absolute atomic E-state index is 0.0139. The van der Waals surface area contributed by atoms with Gasteiger partial charge in [0.15, 0.2) is 0 Å². The first-order valence-corrected chi connectivity index (χ1v) is 12.4. The van der Waals surface area contributed by atoms with Gasteiger partial charge in [0, 0.05) is 42.5 Å². The van der Waals surface area contributed by atoms with E-state index in [0.29, 0.717) is 19.5 Å². The third-order valence-electron chi connectivity index (χ3n) is 6.70. The van der Waals surface area contributed by atoms with Crippen LogP contribution < -0.4 is 10.1 Å². The molecule has 0 bridgehead atoms. The number of carbonyl (C=O) groups excluding carboxylic acids is 1. The van der Waals surface area contributed by atoms with Gasteiger partial charge in [-0.3, -0.25) is 4.79 Å². The molecule has 0 radical (unpaired) electrons. The van der Waals surface area contributed by atoms with Crippen molar-refractivity contribution in [1.82, 2.24) is 9.88 Å². The summed E-state index contributed by atoms with van der Waals surface area (Å²) in [6.45, 7) is 1.09. The average molecular weight is 493 g/mol. The number of aromatic nitrogens is 1. The summed E-state index contributed by atoms with van der Waals surface area (Å²) < 4.78 is 21.0. The minimum Gasteiger partial charge on any atom is -0.497 e. The summed E-state index contributed by atoms with van der Waals surface area (Å²) in [6.07, 6.45) is 2.44. The Morgan fingerprint density at radius 3 is 2.30 bits per heavy atom. The van der Waals surface area contributed by atoms with Crippen LogP contribution in [0.3, 0.4) is 0 Å². The molecule has 1 aromatic heterocycles. The first kappa shape index (κ1) is 24.3. The molecule has 0 aliphatic heterocycles. The molecule has 0 spiro atoms. The Hall–Kier alpha value is -4.38. The van der Waals surface area contributed by atoms with Gasteiger partial charge in [0.1, 0.15) is 11.6 Å². The van der Waals surface area contributed by atoms with Crippen LogP contribution in [0.15, 0.2) is 109 Å². The first-order chi connectivity index (χ1) is 18.1. The van der Waals surface area contributed by atoms with Gasteiger partial charge in [0.2, 0.25) is 5.91 Å². The molecule has 4 aromatic carbocycles. The third-order valence-corrected chi connectivity index (χ3v) is 6.70. The van der Waals surface area contributed by atoms with Crippen molar-refractivity contribution in [2.75, 3.05) is 7.11 Å². The molecular formula is C32H29FN2O2. The zero-order valence-corrected chi connectivity index (χ0v) is 20.7. The van der Waals surface area contributed by atoms with E-state index in [2.05, 4.69) is 28.2 Å². The maximum atomic E-state index is 13.5. The van der Waals surface area contributed by atoms with Gasteiger partial charge in [0.05, 0.1) is 7.11 Å². The molecule has 1 heterocycles. The van der Waals surface area contributed by atoms with Gasteiger partial charge in [-0.05, 0) is 52.6 Å². The smallest absolute Gasteiger partial charge is 0.221 e. The number of hydrogen-bond acceptors (Lipinski definition) is 2. The fourth-order valence-electron chi connectivity index (χ4n) is 4.77. The summed E-state index contributed by atoms with van der Waals surface area (Å²) in [5.41, 5.74) is 5.27. The third kappa shape index (κ3) is 5.72. The van der Waals surface area contributed by atoms with Crippen LogP contribution >= 0.6 is 0 Å². The molecule has 4 nitrogen and oxygen atoms in total. The molecule has 5 heteroatoms. The summed E-state index contributed by atoms with van der Waals surface area (Å²) in [4.78, 5) is 13.2. The maximum absolute atomic E-state index is 13.5. The SMILES string of the molecule is COc1ccc([C@@H](CC(=O)NCc2ccccc2)c2cn(Cc3ccc(F)cc3)c3ccccc23)cc1. The van der Waals surface area contributed by atoms with E-state index in [1.807, 2.05) is 78.9 Å². The van der Waals surface area contributed by atoms with Gasteiger partial charge in [-0.15, -0.1) is 0 Å². The average Bonchev–Trinajstić information content (AvgIpc) is 3.30. The van der Waals surface area contributed by atoms with Crippen molar-refractivity contribution in [2.24, 2.45) is 0 Å². The molecule has 0 saturated heterocycles. The Balaban J connectivity index is 1.49. The van der Waals surface area contributed by atoms with Crippen LogP contribution in [0.25, 0.3) is 10.9 Å². The van der Waals surface area contributed by atoms with Crippen LogP contribution in [-0.2, 0) is 17.9 Å². The van der Waals surface area contributed by atoms with Crippen LogP contribution in [0, 0.1) is 5.82 Å². The van der Waals surface area contributed by atoms with Crippen LogP contribution in [0.1, 0.15) is 34.6 Å². The minimum atomic E-state index is -0.247. The van der Waals surface area contributed by atoms with Gasteiger partial charge in [-0.2, -0.15) is 0 Å². The van der Waals surface area contributed by atoms with Gasteiger partial charge in [-0.1, -0.05) is 72.8 Å². The fourth-order valence-corrected chi connectivity index (χ4v) is 4.77. The van der Waals surface area contributed by atoms with Crippen LogP contribution in [0.5, 0.6) is 5.75 Å². The molecule has 0 aliphatic carbocycles. The molecular weight excluding hydrogens is 463 g/mol. The van der Waals surface area contributed by atoms with E-state index in [-0.39, 0.29) is 17.6 Å². The highest BCUT2D eigenvalue weighted by Crippen LogP contribution is 2.36. The van der Waals surface area contributed by atoms with E-state index in [4.69, 9.17) is 4.74 Å². The van der Waals surface area contributed by atoms with Gasteiger partial charge >= 0.3 is 0 Å². The molecule has 1 amide bonds. The van der Waals surface area contributed by atoms with Crippen molar-refractivity contribution in [3.63, 3.8) is 0 Å². The molecule has 0 saturated carbocycles. The number of ether oxygens (including phenoxy) is 1. The molecule has 5 aromatic rings. The normalized spacial score (nSPS) is 11.8. The largest absolute Gasteiger partial charge is 0.497 e. The lowest BCUT2D eigenvalue weighted by molar-refractivity contribution is -0.121. The zero-order chi connectivity index (χ0) is 25.6. The number of benzene rings is 4. The second-order valence-electron chi connectivity index (χ2n) is 9.15. The number of fused-ring (bicyclic) bond motifs is 1. The Kier molecular flexibility index (Phi) is 7.31. The molecule has 1 N–H and O–H groups in total. The van der Waals surface area contributed by atoms with Gasteiger partial charge in [0.25, 0.3) is 0 Å². The molecule has 0 unspecified atom stereocenters. The number of para-hydroxylation sites is 1. The Bertz CT molecular complexity index is 1480. The highest BCUT2D eigenvalue weighted by molar-refractivity contribution is 5.86. The predicted octanol–water partition coefficient (Wildman–Crippen LogP) is 6.68. The fraction of sp³-hybridized carbons (Fsp3) is 0.156.